The van der Waals surface area contributed by atoms with Crippen molar-refractivity contribution in [2.75, 3.05) is 0 Å². The third-order valence-corrected chi connectivity index (χ3v) is 3.80. The number of nitrogens with zero attached hydrogens (tertiary/aromatic N) is 3. The minimum absolute atomic E-state index is 0.00913. The summed E-state index contributed by atoms with van der Waals surface area (Å²) in [5.74, 6) is 0.563. The quantitative estimate of drug-likeness (QED) is 0.528. The molecule has 0 saturated heterocycles. The predicted octanol–water partition coefficient (Wildman–Crippen LogP) is 3.51. The Labute approximate surface area is 154 Å². The lowest BCUT2D eigenvalue weighted by molar-refractivity contribution is -0.384. The fraction of sp³-hybridized carbons (Fsp3) is 0.105. The molecule has 0 bridgehead atoms. The van der Waals surface area contributed by atoms with Gasteiger partial charge in [0, 0.05) is 35.0 Å². The van der Waals surface area contributed by atoms with Crippen LogP contribution in [0.25, 0.3) is 11.4 Å². The molecule has 0 saturated carbocycles. The van der Waals surface area contributed by atoms with Crippen LogP contribution >= 0.6 is 0 Å². The molecule has 8 nitrogen and oxygen atoms in total. The molecule has 3 rings (SSSR count). The number of hydrogen-bond donors (Lipinski definition) is 1. The lowest BCUT2D eigenvalue weighted by atomic mass is 10.2. The summed E-state index contributed by atoms with van der Waals surface area (Å²) in [6.45, 7) is 1.94. The zero-order chi connectivity index (χ0) is 19.4. The Hall–Kier alpha value is -3.81. The van der Waals surface area contributed by atoms with Crippen molar-refractivity contribution in [3.05, 3.63) is 76.0 Å². The van der Waals surface area contributed by atoms with Crippen LogP contribution in [0.2, 0.25) is 0 Å². The summed E-state index contributed by atoms with van der Waals surface area (Å²) >= 11 is 0. The van der Waals surface area contributed by atoms with Crippen LogP contribution in [0.15, 0.2) is 54.6 Å². The molecule has 3 aromatic rings. The topological polar surface area (TPSA) is 121 Å². The van der Waals surface area contributed by atoms with Crippen molar-refractivity contribution >= 4 is 11.6 Å². The molecule has 27 heavy (non-hydrogen) atoms. The van der Waals surface area contributed by atoms with E-state index >= 15 is 0 Å². The van der Waals surface area contributed by atoms with Gasteiger partial charge in [-0.2, -0.15) is 4.98 Å². The lowest BCUT2D eigenvalue weighted by Crippen LogP contribution is -2.10. The highest BCUT2D eigenvalue weighted by atomic mass is 16.6. The SMILES string of the molecule is CCc1cc(Oc2cccc(C(N)=O)c2)nc(-c2ccc([N+](=O)[O-])cc2)n1. The van der Waals surface area contributed by atoms with E-state index in [1.165, 1.54) is 18.2 Å². The Morgan fingerprint density at radius 1 is 1.15 bits per heavy atom. The summed E-state index contributed by atoms with van der Waals surface area (Å²) in [7, 11) is 0. The van der Waals surface area contributed by atoms with Crippen LogP contribution in [0.1, 0.15) is 23.0 Å². The second kappa shape index (κ2) is 7.61. The van der Waals surface area contributed by atoms with Crippen LogP contribution in [0.4, 0.5) is 5.69 Å². The number of ether oxygens (including phenoxy) is 1. The van der Waals surface area contributed by atoms with E-state index < -0.39 is 10.8 Å². The third-order valence-electron chi connectivity index (χ3n) is 3.80. The molecule has 0 aliphatic rings. The minimum atomic E-state index is -0.552. The maximum absolute atomic E-state index is 11.3. The number of primary amides is 1. The summed E-state index contributed by atoms with van der Waals surface area (Å²) in [4.78, 5) is 30.5. The number of nitro benzene ring substituents is 1. The average molecular weight is 364 g/mol. The third kappa shape index (κ3) is 4.24. The van der Waals surface area contributed by atoms with Crippen LogP contribution in [-0.4, -0.2) is 20.8 Å². The summed E-state index contributed by atoms with van der Waals surface area (Å²) < 4.78 is 5.77. The Morgan fingerprint density at radius 2 is 1.89 bits per heavy atom. The van der Waals surface area contributed by atoms with Gasteiger partial charge in [-0.15, -0.1) is 0 Å². The number of carbonyl (C=O) groups excluding carboxylic acids is 1. The Balaban J connectivity index is 1.95. The molecule has 0 fully saturated rings. The minimum Gasteiger partial charge on any atom is -0.439 e. The number of aryl methyl sites for hydroxylation is 1. The zero-order valence-corrected chi connectivity index (χ0v) is 14.5. The number of nitro groups is 1. The van der Waals surface area contributed by atoms with Crippen molar-refractivity contribution in [1.82, 2.24) is 9.97 Å². The van der Waals surface area contributed by atoms with Gasteiger partial charge in [-0.25, -0.2) is 4.98 Å². The highest BCUT2D eigenvalue weighted by Crippen LogP contribution is 2.25. The molecule has 0 unspecified atom stereocenters. The number of rotatable bonds is 6. The van der Waals surface area contributed by atoms with Crippen LogP contribution in [0.5, 0.6) is 11.6 Å². The average Bonchev–Trinajstić information content (AvgIpc) is 2.68. The van der Waals surface area contributed by atoms with Crippen molar-refractivity contribution in [2.45, 2.75) is 13.3 Å². The fourth-order valence-corrected chi connectivity index (χ4v) is 2.40. The van der Waals surface area contributed by atoms with Gasteiger partial charge in [-0.1, -0.05) is 13.0 Å². The monoisotopic (exact) mass is 364 g/mol. The number of nitrogens with two attached hydrogens (primary N) is 1. The van der Waals surface area contributed by atoms with Crippen LogP contribution in [0, 0.1) is 10.1 Å². The van der Waals surface area contributed by atoms with E-state index in [-0.39, 0.29) is 5.69 Å². The van der Waals surface area contributed by atoms with Crippen molar-refractivity contribution in [1.29, 1.82) is 0 Å². The standard InChI is InChI=1S/C19H16N4O4/c1-2-14-11-17(27-16-5-3-4-13(10-16)18(20)24)22-19(21-14)12-6-8-15(9-7-12)23(25)26/h3-11H,2H2,1H3,(H2,20,24). The zero-order valence-electron chi connectivity index (χ0n) is 14.5. The van der Waals surface area contributed by atoms with Gasteiger partial charge >= 0.3 is 0 Å². The number of carbonyl (C=O) groups is 1. The van der Waals surface area contributed by atoms with Gasteiger partial charge in [0.05, 0.1) is 4.92 Å². The predicted molar refractivity (Wildman–Crippen MR) is 98.5 cm³/mol. The molecule has 1 heterocycles. The summed E-state index contributed by atoms with van der Waals surface area (Å²) in [5, 5.41) is 10.8. The molecule has 2 N–H and O–H groups in total. The van der Waals surface area contributed by atoms with E-state index in [0.717, 1.165) is 5.69 Å². The summed E-state index contributed by atoms with van der Waals surface area (Å²) in [6.07, 6.45) is 0.653. The van der Waals surface area contributed by atoms with Gasteiger partial charge in [0.1, 0.15) is 5.75 Å². The smallest absolute Gasteiger partial charge is 0.269 e. The van der Waals surface area contributed by atoms with Crippen LogP contribution in [-0.2, 0) is 6.42 Å². The Kier molecular flexibility index (Phi) is 5.07. The molecular weight excluding hydrogens is 348 g/mol. The van der Waals surface area contributed by atoms with Crippen molar-refractivity contribution in [3.8, 4) is 23.0 Å². The first-order valence-corrected chi connectivity index (χ1v) is 8.16. The maximum Gasteiger partial charge on any atom is 0.269 e. The van der Waals surface area contributed by atoms with E-state index in [1.807, 2.05) is 6.92 Å². The van der Waals surface area contributed by atoms with Crippen molar-refractivity contribution < 1.29 is 14.5 Å². The number of non-ortho nitro benzene ring substituents is 1. The molecule has 0 atom stereocenters. The molecule has 1 aromatic heterocycles. The molecule has 136 valence electrons. The van der Waals surface area contributed by atoms with Crippen LogP contribution in [0.3, 0.4) is 0 Å². The fourth-order valence-electron chi connectivity index (χ4n) is 2.40. The van der Waals surface area contributed by atoms with E-state index in [0.29, 0.717) is 35.0 Å². The van der Waals surface area contributed by atoms with Gasteiger partial charge < -0.3 is 10.5 Å². The normalized spacial score (nSPS) is 10.4. The molecule has 1 amide bonds. The number of amides is 1. The number of hydrogen-bond acceptors (Lipinski definition) is 6. The summed E-state index contributed by atoms with van der Waals surface area (Å²) in [6, 6.07) is 14.1. The number of aromatic nitrogens is 2. The lowest BCUT2D eigenvalue weighted by Gasteiger charge is -2.09. The van der Waals surface area contributed by atoms with Gasteiger partial charge in [0.2, 0.25) is 11.8 Å². The Bertz CT molecular complexity index is 1000. The van der Waals surface area contributed by atoms with E-state index in [9.17, 15) is 14.9 Å². The number of benzene rings is 2. The molecular formula is C19H16N4O4. The van der Waals surface area contributed by atoms with Gasteiger partial charge in [-0.05, 0) is 36.8 Å². The second-order valence-corrected chi connectivity index (χ2v) is 5.67. The highest BCUT2D eigenvalue weighted by Gasteiger charge is 2.11. The van der Waals surface area contributed by atoms with E-state index in [2.05, 4.69) is 9.97 Å². The highest BCUT2D eigenvalue weighted by molar-refractivity contribution is 5.93. The Morgan fingerprint density at radius 3 is 2.52 bits per heavy atom. The second-order valence-electron chi connectivity index (χ2n) is 5.67. The van der Waals surface area contributed by atoms with E-state index in [4.69, 9.17) is 10.5 Å². The largest absolute Gasteiger partial charge is 0.439 e. The first-order chi connectivity index (χ1) is 13.0. The van der Waals surface area contributed by atoms with E-state index in [1.54, 1.807) is 36.4 Å². The molecule has 0 spiro atoms. The van der Waals surface area contributed by atoms with Gasteiger partial charge in [0.25, 0.3) is 5.69 Å². The van der Waals surface area contributed by atoms with Crippen molar-refractivity contribution in [2.24, 2.45) is 5.73 Å². The summed E-state index contributed by atoms with van der Waals surface area (Å²) in [5.41, 5.74) is 6.99. The first kappa shape index (κ1) is 18.0. The molecule has 0 radical (unpaired) electrons. The maximum atomic E-state index is 11.3. The molecule has 0 aliphatic carbocycles. The van der Waals surface area contributed by atoms with Crippen molar-refractivity contribution in [3.63, 3.8) is 0 Å². The molecule has 8 heteroatoms. The van der Waals surface area contributed by atoms with Gasteiger partial charge in [0.15, 0.2) is 5.82 Å². The van der Waals surface area contributed by atoms with Gasteiger partial charge in [-0.3, -0.25) is 14.9 Å². The van der Waals surface area contributed by atoms with Crippen LogP contribution < -0.4 is 10.5 Å². The molecule has 2 aromatic carbocycles. The molecule has 0 aliphatic heterocycles. The first-order valence-electron chi connectivity index (χ1n) is 8.16.